The van der Waals surface area contributed by atoms with Crippen molar-refractivity contribution in [3.8, 4) is 23.0 Å². The van der Waals surface area contributed by atoms with E-state index < -0.39 is 17.1 Å². The Morgan fingerprint density at radius 3 is 2.59 bits per heavy atom. The van der Waals surface area contributed by atoms with Gasteiger partial charge in [-0.15, -0.1) is 0 Å². The molecule has 0 spiro atoms. The predicted octanol–water partition coefficient (Wildman–Crippen LogP) is 3.30. The smallest absolute Gasteiger partial charge is 0.308 e. The Morgan fingerprint density at radius 2 is 1.85 bits per heavy atom. The summed E-state index contributed by atoms with van der Waals surface area (Å²) >= 11 is -0.765. The van der Waals surface area contributed by atoms with Gasteiger partial charge in [0.25, 0.3) is 5.91 Å². The molecule has 2 fully saturated rings. The van der Waals surface area contributed by atoms with E-state index in [0.717, 1.165) is 33.8 Å². The van der Waals surface area contributed by atoms with Gasteiger partial charge in [0.15, 0.2) is 0 Å². The molecule has 6 rings (SSSR count). The van der Waals surface area contributed by atoms with Gasteiger partial charge < -0.3 is 13.7 Å². The lowest BCUT2D eigenvalue weighted by atomic mass is 10.1. The highest BCUT2D eigenvalue weighted by atomic mass is 32.2. The second-order valence-electron chi connectivity index (χ2n) is 8.31. The monoisotopic (exact) mass is 480 g/mol. The van der Waals surface area contributed by atoms with E-state index in [2.05, 4.69) is 9.88 Å². The molecule has 4 aromatic rings. The molecule has 9 nitrogen and oxygen atoms in total. The first-order chi connectivity index (χ1) is 16.6. The van der Waals surface area contributed by atoms with Crippen molar-refractivity contribution in [2.45, 2.75) is 18.8 Å². The molecule has 34 heavy (non-hydrogen) atoms. The van der Waals surface area contributed by atoms with E-state index in [1.54, 1.807) is 13.4 Å². The lowest BCUT2D eigenvalue weighted by molar-refractivity contribution is 0.0762. The number of hydrogen-bond donors (Lipinski definition) is 0. The van der Waals surface area contributed by atoms with Crippen LogP contribution in [0.2, 0.25) is 0 Å². The standard InChI is InChI=1S/C24H24N4O5S/c1-30-18-8-6-17(7-9-18)22-21(10-11-24(32-33-24)27-12-14-34(29)15-13-27)31-23(26-22)28-16-25-19-4-2-3-5-20(19)28/h2-9,16H,10-15H2,1H3. The maximum atomic E-state index is 11.8. The number of oxazole rings is 1. The van der Waals surface area contributed by atoms with E-state index in [-0.39, 0.29) is 0 Å². The highest BCUT2D eigenvalue weighted by Gasteiger charge is 2.55. The maximum Gasteiger partial charge on any atom is 0.308 e. The number of nitrogens with zero attached hydrogens (tertiary/aromatic N) is 4. The molecule has 0 radical (unpaired) electrons. The van der Waals surface area contributed by atoms with Crippen LogP contribution in [0.3, 0.4) is 0 Å². The van der Waals surface area contributed by atoms with Gasteiger partial charge in [0.1, 0.15) is 35.0 Å². The SMILES string of the molecule is COc1ccc(-c2nc(-n3cnc4ccccc43)oc2CCC2(N3CC[S+]([O-])CC3)OO2)cc1. The number of para-hydroxylation sites is 2. The number of fused-ring (bicyclic) bond motifs is 1. The summed E-state index contributed by atoms with van der Waals surface area (Å²) in [4.78, 5) is 22.3. The van der Waals surface area contributed by atoms with E-state index in [9.17, 15) is 4.55 Å². The summed E-state index contributed by atoms with van der Waals surface area (Å²) in [5.74, 6) is 1.99. The number of imidazole rings is 1. The van der Waals surface area contributed by atoms with E-state index in [1.165, 1.54) is 0 Å². The Hall–Kier alpha value is -2.89. The Bertz CT molecular complexity index is 1290. The quantitative estimate of drug-likeness (QED) is 0.225. The first-order valence-electron chi connectivity index (χ1n) is 11.2. The van der Waals surface area contributed by atoms with Gasteiger partial charge in [0, 0.05) is 31.5 Å². The number of hydrogen-bond acceptors (Lipinski definition) is 8. The van der Waals surface area contributed by atoms with Crippen molar-refractivity contribution < 1.29 is 23.5 Å². The maximum absolute atomic E-state index is 11.8. The number of aromatic nitrogens is 3. The number of benzene rings is 2. The molecule has 2 aliphatic rings. The second-order valence-corrected chi connectivity index (χ2v) is 10.0. The minimum atomic E-state index is -0.781. The summed E-state index contributed by atoms with van der Waals surface area (Å²) in [5, 5.41) is 0. The molecule has 0 aliphatic carbocycles. The van der Waals surface area contributed by atoms with Gasteiger partial charge in [-0.2, -0.15) is 14.8 Å². The topological polar surface area (TPSA) is 104 Å². The summed E-state index contributed by atoms with van der Waals surface area (Å²) in [7, 11) is 1.64. The van der Waals surface area contributed by atoms with Crippen molar-refractivity contribution in [3.63, 3.8) is 0 Å². The largest absolute Gasteiger partial charge is 0.616 e. The molecule has 0 amide bonds. The van der Waals surface area contributed by atoms with Crippen molar-refractivity contribution >= 4 is 22.2 Å². The molecule has 0 atom stereocenters. The van der Waals surface area contributed by atoms with E-state index >= 15 is 0 Å². The number of ether oxygens (including phenoxy) is 1. The molecule has 0 bridgehead atoms. The normalized spacial score (nSPS) is 18.4. The molecule has 0 N–H and O–H groups in total. The summed E-state index contributed by atoms with van der Waals surface area (Å²) in [6.45, 7) is 1.36. The Balaban J connectivity index is 1.32. The first-order valence-corrected chi connectivity index (χ1v) is 12.7. The highest BCUT2D eigenvalue weighted by molar-refractivity contribution is 7.91. The Labute approximate surface area is 199 Å². The Kier molecular flexibility index (Phi) is 5.54. The zero-order valence-electron chi connectivity index (χ0n) is 18.7. The number of aryl methyl sites for hydroxylation is 1. The van der Waals surface area contributed by atoms with Gasteiger partial charge in [-0.3, -0.25) is 4.57 Å². The molecule has 0 saturated carbocycles. The predicted molar refractivity (Wildman–Crippen MR) is 126 cm³/mol. The fraction of sp³-hybridized carbons (Fsp3) is 0.333. The van der Waals surface area contributed by atoms with Crippen molar-refractivity contribution in [3.05, 3.63) is 60.6 Å². The molecule has 2 aromatic heterocycles. The van der Waals surface area contributed by atoms with Crippen LogP contribution in [0.25, 0.3) is 28.3 Å². The average molecular weight is 481 g/mol. The summed E-state index contributed by atoms with van der Waals surface area (Å²) in [5.41, 5.74) is 3.47. The van der Waals surface area contributed by atoms with Crippen LogP contribution in [0, 0.1) is 0 Å². The third-order valence-corrected chi connectivity index (χ3v) is 7.59. The average Bonchev–Trinajstić information content (AvgIpc) is 3.35. The third kappa shape index (κ3) is 3.97. The molecule has 176 valence electrons. The van der Waals surface area contributed by atoms with Crippen LogP contribution in [0.1, 0.15) is 12.2 Å². The van der Waals surface area contributed by atoms with Gasteiger partial charge in [-0.25, -0.2) is 9.88 Å². The van der Waals surface area contributed by atoms with Crippen LogP contribution in [-0.4, -0.2) is 61.6 Å². The Morgan fingerprint density at radius 1 is 1.09 bits per heavy atom. The fourth-order valence-electron chi connectivity index (χ4n) is 4.34. The molecule has 2 aliphatic heterocycles. The molecule has 4 heterocycles. The van der Waals surface area contributed by atoms with Gasteiger partial charge >= 0.3 is 6.01 Å². The molecular weight excluding hydrogens is 456 g/mol. The molecule has 10 heteroatoms. The van der Waals surface area contributed by atoms with Crippen LogP contribution < -0.4 is 4.74 Å². The second kappa shape index (κ2) is 8.71. The highest BCUT2D eigenvalue weighted by Crippen LogP contribution is 2.40. The van der Waals surface area contributed by atoms with E-state index in [0.29, 0.717) is 43.5 Å². The lowest BCUT2D eigenvalue weighted by Crippen LogP contribution is -2.48. The van der Waals surface area contributed by atoms with Crippen molar-refractivity contribution in [1.82, 2.24) is 19.4 Å². The van der Waals surface area contributed by atoms with Gasteiger partial charge in [-0.05, 0) is 36.4 Å². The first kappa shape index (κ1) is 21.6. The van der Waals surface area contributed by atoms with Gasteiger partial charge in [0.05, 0.1) is 18.1 Å². The molecule has 2 aromatic carbocycles. The molecular formula is C24H24N4O5S. The van der Waals surface area contributed by atoms with Crippen molar-refractivity contribution in [1.29, 1.82) is 0 Å². The summed E-state index contributed by atoms with van der Waals surface area (Å²) < 4.78 is 25.2. The van der Waals surface area contributed by atoms with Crippen LogP contribution in [0.4, 0.5) is 0 Å². The van der Waals surface area contributed by atoms with Crippen LogP contribution >= 0.6 is 0 Å². The lowest BCUT2D eigenvalue weighted by Gasteiger charge is -2.29. The fourth-order valence-corrected chi connectivity index (χ4v) is 5.40. The van der Waals surface area contributed by atoms with Crippen LogP contribution in [0.5, 0.6) is 5.75 Å². The van der Waals surface area contributed by atoms with Crippen molar-refractivity contribution in [2.75, 3.05) is 31.7 Å². The minimum Gasteiger partial charge on any atom is -0.616 e. The third-order valence-electron chi connectivity index (χ3n) is 6.31. The van der Waals surface area contributed by atoms with Gasteiger partial charge in [0.2, 0.25) is 0 Å². The van der Waals surface area contributed by atoms with Crippen molar-refractivity contribution in [2.24, 2.45) is 0 Å². The van der Waals surface area contributed by atoms with Crippen LogP contribution in [0.15, 0.2) is 59.3 Å². The van der Waals surface area contributed by atoms with E-state index in [4.69, 9.17) is 23.9 Å². The van der Waals surface area contributed by atoms with Gasteiger partial charge in [-0.1, -0.05) is 23.3 Å². The van der Waals surface area contributed by atoms with E-state index in [1.807, 2.05) is 53.1 Å². The zero-order valence-corrected chi connectivity index (χ0v) is 19.5. The zero-order chi connectivity index (χ0) is 23.1. The molecule has 2 saturated heterocycles. The summed E-state index contributed by atoms with van der Waals surface area (Å²) in [6, 6.07) is 16.1. The summed E-state index contributed by atoms with van der Waals surface area (Å²) in [6.07, 6.45) is 2.85. The number of methoxy groups -OCH3 is 1. The minimum absolute atomic E-state index is 0.453. The molecule has 0 unspecified atom stereocenters. The van der Waals surface area contributed by atoms with Crippen LogP contribution in [-0.2, 0) is 27.4 Å². The number of rotatable bonds is 7.